The normalized spacial score (nSPS) is 14.7. The van der Waals surface area contributed by atoms with Crippen LogP contribution in [0.4, 0.5) is 5.82 Å². The van der Waals surface area contributed by atoms with Crippen molar-refractivity contribution in [2.75, 3.05) is 5.32 Å². The van der Waals surface area contributed by atoms with Crippen LogP contribution < -0.4 is 10.6 Å². The van der Waals surface area contributed by atoms with E-state index in [4.69, 9.17) is 0 Å². The number of aromatic nitrogens is 3. The van der Waals surface area contributed by atoms with Gasteiger partial charge in [0.15, 0.2) is 5.69 Å². The van der Waals surface area contributed by atoms with E-state index in [2.05, 4.69) is 25.8 Å². The molecule has 6 nitrogen and oxygen atoms in total. The Morgan fingerprint density at radius 2 is 1.86 bits per heavy atom. The van der Waals surface area contributed by atoms with Gasteiger partial charge in [0.25, 0.3) is 5.91 Å². The van der Waals surface area contributed by atoms with Crippen molar-refractivity contribution in [2.45, 2.75) is 38.3 Å². The topological polar surface area (TPSA) is 79.8 Å². The largest absolute Gasteiger partial charge is 0.365 e. The van der Waals surface area contributed by atoms with Gasteiger partial charge in [0.2, 0.25) is 0 Å². The lowest BCUT2D eigenvalue weighted by Gasteiger charge is -2.11. The first-order chi connectivity index (χ1) is 10.8. The molecule has 1 aliphatic rings. The van der Waals surface area contributed by atoms with Crippen LogP contribution >= 0.6 is 0 Å². The lowest BCUT2D eigenvalue weighted by molar-refractivity contribution is 0.0932. The standard InChI is InChI=1S/C16H19N5O/c22-16(19-13-3-1-2-4-13)14-5-6-15(21-20-14)18-11-12-7-9-17-10-8-12/h5-10,13H,1-4,11H2,(H,18,21)(H,19,22). The molecule has 2 heterocycles. The highest BCUT2D eigenvalue weighted by Crippen LogP contribution is 2.18. The summed E-state index contributed by atoms with van der Waals surface area (Å²) < 4.78 is 0. The van der Waals surface area contributed by atoms with E-state index in [9.17, 15) is 4.79 Å². The molecule has 0 atom stereocenters. The second-order valence-electron chi connectivity index (χ2n) is 5.47. The molecular weight excluding hydrogens is 278 g/mol. The molecular formula is C16H19N5O. The summed E-state index contributed by atoms with van der Waals surface area (Å²) >= 11 is 0. The average Bonchev–Trinajstić information content (AvgIpc) is 3.07. The third kappa shape index (κ3) is 3.78. The third-order valence-electron chi connectivity index (χ3n) is 3.81. The Morgan fingerprint density at radius 3 is 2.55 bits per heavy atom. The molecule has 2 aromatic rings. The van der Waals surface area contributed by atoms with E-state index in [-0.39, 0.29) is 5.91 Å². The Balaban J connectivity index is 1.54. The van der Waals surface area contributed by atoms with Gasteiger partial charge in [-0.25, -0.2) is 0 Å². The van der Waals surface area contributed by atoms with Crippen molar-refractivity contribution >= 4 is 11.7 Å². The first kappa shape index (κ1) is 14.4. The molecule has 1 aliphatic carbocycles. The molecule has 0 aliphatic heterocycles. The van der Waals surface area contributed by atoms with Crippen LogP contribution in [0.5, 0.6) is 0 Å². The Bertz CT molecular complexity index is 608. The van der Waals surface area contributed by atoms with Crippen LogP contribution in [-0.4, -0.2) is 27.1 Å². The number of carbonyl (C=O) groups excluding carboxylic acids is 1. The fourth-order valence-corrected chi connectivity index (χ4v) is 2.57. The first-order valence-electron chi connectivity index (χ1n) is 7.58. The zero-order chi connectivity index (χ0) is 15.2. The van der Waals surface area contributed by atoms with Crippen LogP contribution in [0, 0.1) is 0 Å². The molecule has 2 N–H and O–H groups in total. The number of carbonyl (C=O) groups is 1. The number of nitrogens with zero attached hydrogens (tertiary/aromatic N) is 3. The van der Waals surface area contributed by atoms with Crippen LogP contribution in [0.15, 0.2) is 36.7 Å². The molecule has 0 aromatic carbocycles. The summed E-state index contributed by atoms with van der Waals surface area (Å²) in [6.45, 7) is 0.644. The quantitative estimate of drug-likeness (QED) is 0.884. The zero-order valence-corrected chi connectivity index (χ0v) is 12.3. The third-order valence-corrected chi connectivity index (χ3v) is 3.81. The van der Waals surface area contributed by atoms with E-state index in [1.54, 1.807) is 24.5 Å². The fourth-order valence-electron chi connectivity index (χ4n) is 2.57. The van der Waals surface area contributed by atoms with Crippen LogP contribution in [-0.2, 0) is 6.54 Å². The van der Waals surface area contributed by atoms with Crippen molar-refractivity contribution in [3.63, 3.8) is 0 Å². The molecule has 22 heavy (non-hydrogen) atoms. The molecule has 0 saturated heterocycles. The second kappa shape index (κ2) is 6.98. The van der Waals surface area contributed by atoms with Gasteiger partial charge in [0.05, 0.1) is 0 Å². The summed E-state index contributed by atoms with van der Waals surface area (Å²) in [6, 6.07) is 7.64. The lowest BCUT2D eigenvalue weighted by atomic mass is 10.2. The monoisotopic (exact) mass is 297 g/mol. The van der Waals surface area contributed by atoms with Crippen molar-refractivity contribution in [3.05, 3.63) is 47.9 Å². The van der Waals surface area contributed by atoms with Crippen molar-refractivity contribution in [1.29, 1.82) is 0 Å². The van der Waals surface area contributed by atoms with Gasteiger partial charge in [-0.05, 0) is 42.7 Å². The molecule has 0 radical (unpaired) electrons. The van der Waals surface area contributed by atoms with Crippen molar-refractivity contribution < 1.29 is 4.79 Å². The number of rotatable bonds is 5. The number of hydrogen-bond donors (Lipinski definition) is 2. The van der Waals surface area contributed by atoms with Gasteiger partial charge in [0.1, 0.15) is 5.82 Å². The molecule has 6 heteroatoms. The first-order valence-corrected chi connectivity index (χ1v) is 7.58. The van der Waals surface area contributed by atoms with Gasteiger partial charge < -0.3 is 10.6 Å². The zero-order valence-electron chi connectivity index (χ0n) is 12.3. The van der Waals surface area contributed by atoms with Gasteiger partial charge in [-0.1, -0.05) is 12.8 Å². The second-order valence-corrected chi connectivity index (χ2v) is 5.47. The number of hydrogen-bond acceptors (Lipinski definition) is 5. The van der Waals surface area contributed by atoms with E-state index in [0.29, 0.717) is 24.1 Å². The number of nitrogens with one attached hydrogen (secondary N) is 2. The Labute approximate surface area is 129 Å². The summed E-state index contributed by atoms with van der Waals surface area (Å²) in [5.41, 5.74) is 1.47. The predicted octanol–water partition coefficient (Wildman–Crippen LogP) is 2.16. The number of amides is 1. The Morgan fingerprint density at radius 1 is 1.09 bits per heavy atom. The molecule has 114 valence electrons. The van der Waals surface area contributed by atoms with Crippen molar-refractivity contribution in [1.82, 2.24) is 20.5 Å². The molecule has 1 fully saturated rings. The van der Waals surface area contributed by atoms with E-state index in [1.165, 1.54) is 12.8 Å². The SMILES string of the molecule is O=C(NC1CCCC1)c1ccc(NCc2ccncc2)nn1. The van der Waals surface area contributed by atoms with Gasteiger partial charge in [-0.15, -0.1) is 10.2 Å². The minimum absolute atomic E-state index is 0.139. The summed E-state index contributed by atoms with van der Waals surface area (Å²) in [5, 5.41) is 14.2. The maximum absolute atomic E-state index is 12.1. The van der Waals surface area contributed by atoms with Gasteiger partial charge >= 0.3 is 0 Å². The molecule has 3 rings (SSSR count). The van der Waals surface area contributed by atoms with Crippen molar-refractivity contribution in [2.24, 2.45) is 0 Å². The molecule has 0 bridgehead atoms. The molecule has 1 amide bonds. The van der Waals surface area contributed by atoms with Crippen LogP contribution in [0.1, 0.15) is 41.7 Å². The van der Waals surface area contributed by atoms with Crippen molar-refractivity contribution in [3.8, 4) is 0 Å². The molecule has 0 spiro atoms. The average molecular weight is 297 g/mol. The maximum Gasteiger partial charge on any atom is 0.272 e. The van der Waals surface area contributed by atoms with E-state index >= 15 is 0 Å². The highest BCUT2D eigenvalue weighted by molar-refractivity contribution is 5.92. The summed E-state index contributed by atoms with van der Waals surface area (Å²) in [7, 11) is 0. The van der Waals surface area contributed by atoms with Gasteiger partial charge in [0, 0.05) is 25.0 Å². The number of anilines is 1. The van der Waals surface area contributed by atoms with E-state index < -0.39 is 0 Å². The predicted molar refractivity (Wildman–Crippen MR) is 83.3 cm³/mol. The van der Waals surface area contributed by atoms with Crippen LogP contribution in [0.2, 0.25) is 0 Å². The fraction of sp³-hybridized carbons (Fsp3) is 0.375. The van der Waals surface area contributed by atoms with Crippen LogP contribution in [0.3, 0.4) is 0 Å². The Hall–Kier alpha value is -2.50. The van der Waals surface area contributed by atoms with Crippen LogP contribution in [0.25, 0.3) is 0 Å². The highest BCUT2D eigenvalue weighted by Gasteiger charge is 2.18. The van der Waals surface area contributed by atoms with Gasteiger partial charge in [-0.3, -0.25) is 9.78 Å². The number of pyridine rings is 1. The maximum atomic E-state index is 12.1. The highest BCUT2D eigenvalue weighted by atomic mass is 16.2. The molecule has 1 saturated carbocycles. The molecule has 2 aromatic heterocycles. The van der Waals surface area contributed by atoms with E-state index in [0.717, 1.165) is 18.4 Å². The molecule has 0 unspecified atom stereocenters. The lowest BCUT2D eigenvalue weighted by Crippen LogP contribution is -2.33. The smallest absolute Gasteiger partial charge is 0.272 e. The minimum Gasteiger partial charge on any atom is -0.365 e. The summed E-state index contributed by atoms with van der Waals surface area (Å²) in [5.74, 6) is 0.509. The summed E-state index contributed by atoms with van der Waals surface area (Å²) in [6.07, 6.45) is 8.00. The summed E-state index contributed by atoms with van der Waals surface area (Å²) in [4.78, 5) is 16.0. The van der Waals surface area contributed by atoms with Gasteiger partial charge in [-0.2, -0.15) is 0 Å². The minimum atomic E-state index is -0.139. The van der Waals surface area contributed by atoms with E-state index in [1.807, 2.05) is 12.1 Å². The Kier molecular flexibility index (Phi) is 4.58.